The first-order chi connectivity index (χ1) is 15.9. The lowest BCUT2D eigenvalue weighted by molar-refractivity contribution is -0.274. The van der Waals surface area contributed by atoms with E-state index in [-0.39, 0.29) is 22.8 Å². The predicted molar refractivity (Wildman–Crippen MR) is 120 cm³/mol. The third-order valence-electron chi connectivity index (χ3n) is 4.81. The van der Waals surface area contributed by atoms with E-state index in [1.54, 1.807) is 6.92 Å². The standard InChI is InChI=1S/C22H21F3N2O5S2/c1-13-4-9-17(12-18(13)21(28)31-3)34(29,30)26-11-10-19-14(2)33-20(27-19)15-5-7-16(8-6-15)32-22(23,24)25/h4-9,12,26H,10-11H2,1-3H3. The topological polar surface area (TPSA) is 94.6 Å². The van der Waals surface area contributed by atoms with Crippen LogP contribution >= 0.6 is 11.3 Å². The van der Waals surface area contributed by atoms with Gasteiger partial charge in [-0.15, -0.1) is 24.5 Å². The summed E-state index contributed by atoms with van der Waals surface area (Å²) in [4.78, 5) is 17.1. The molecule has 0 unspecified atom stereocenters. The van der Waals surface area contributed by atoms with Gasteiger partial charge in [-0.25, -0.2) is 22.9 Å². The fourth-order valence-corrected chi connectivity index (χ4v) is 5.09. The van der Waals surface area contributed by atoms with E-state index in [9.17, 15) is 26.4 Å². The summed E-state index contributed by atoms with van der Waals surface area (Å²) in [5.41, 5.74) is 2.04. The van der Waals surface area contributed by atoms with Crippen LogP contribution in [0.25, 0.3) is 10.6 Å². The number of aromatic nitrogens is 1. The maximum absolute atomic E-state index is 12.7. The molecular formula is C22H21F3N2O5S2. The number of nitrogens with zero attached hydrogens (tertiary/aromatic N) is 1. The summed E-state index contributed by atoms with van der Waals surface area (Å²) in [6.45, 7) is 3.57. The van der Waals surface area contributed by atoms with Gasteiger partial charge in [0.15, 0.2) is 0 Å². The van der Waals surface area contributed by atoms with Gasteiger partial charge in [0.25, 0.3) is 0 Å². The number of aryl methyl sites for hydroxylation is 2. The number of rotatable bonds is 8. The van der Waals surface area contributed by atoms with E-state index >= 15 is 0 Å². The minimum atomic E-state index is -4.76. The lowest BCUT2D eigenvalue weighted by Crippen LogP contribution is -2.26. The van der Waals surface area contributed by atoms with Crippen LogP contribution in [0.1, 0.15) is 26.5 Å². The van der Waals surface area contributed by atoms with Gasteiger partial charge in [-0.3, -0.25) is 0 Å². The Morgan fingerprint density at radius 2 is 1.79 bits per heavy atom. The van der Waals surface area contributed by atoms with Crippen LogP contribution in [-0.2, 0) is 21.2 Å². The van der Waals surface area contributed by atoms with Crippen molar-refractivity contribution in [3.8, 4) is 16.3 Å². The molecule has 1 N–H and O–H groups in total. The largest absolute Gasteiger partial charge is 0.573 e. The van der Waals surface area contributed by atoms with Crippen LogP contribution in [0.5, 0.6) is 5.75 Å². The summed E-state index contributed by atoms with van der Waals surface area (Å²) < 4.78 is 73.3. The highest BCUT2D eigenvalue weighted by Gasteiger charge is 2.31. The number of esters is 1. The molecule has 3 aromatic rings. The molecule has 0 aliphatic rings. The van der Waals surface area contributed by atoms with Gasteiger partial charge in [0, 0.05) is 23.4 Å². The summed E-state index contributed by atoms with van der Waals surface area (Å²) in [5.74, 6) is -0.955. The van der Waals surface area contributed by atoms with Crippen molar-refractivity contribution >= 4 is 27.3 Å². The van der Waals surface area contributed by atoms with Gasteiger partial charge in [-0.1, -0.05) is 6.07 Å². The molecule has 12 heteroatoms. The number of hydrogen-bond donors (Lipinski definition) is 1. The van der Waals surface area contributed by atoms with Crippen molar-refractivity contribution in [3.05, 3.63) is 64.2 Å². The van der Waals surface area contributed by atoms with E-state index in [1.165, 1.54) is 60.9 Å². The number of sulfonamides is 1. The van der Waals surface area contributed by atoms with Crippen molar-refractivity contribution in [2.24, 2.45) is 0 Å². The minimum absolute atomic E-state index is 0.0599. The van der Waals surface area contributed by atoms with Gasteiger partial charge in [0.1, 0.15) is 10.8 Å². The second-order valence-electron chi connectivity index (χ2n) is 7.21. The minimum Gasteiger partial charge on any atom is -0.465 e. The molecule has 1 aromatic heterocycles. The molecule has 0 spiro atoms. The van der Waals surface area contributed by atoms with Crippen molar-refractivity contribution in [2.45, 2.75) is 31.5 Å². The molecule has 0 atom stereocenters. The third kappa shape index (κ3) is 6.33. The summed E-state index contributed by atoms with van der Waals surface area (Å²) in [6.07, 6.45) is -4.47. The Balaban J connectivity index is 1.67. The number of carbonyl (C=O) groups is 1. The third-order valence-corrected chi connectivity index (χ3v) is 7.33. The van der Waals surface area contributed by atoms with Crippen LogP contribution in [0.3, 0.4) is 0 Å². The number of carbonyl (C=O) groups excluding carboxylic acids is 1. The maximum atomic E-state index is 12.7. The van der Waals surface area contributed by atoms with Crippen molar-refractivity contribution in [3.63, 3.8) is 0 Å². The van der Waals surface area contributed by atoms with E-state index in [1.807, 2.05) is 6.92 Å². The molecule has 0 radical (unpaired) electrons. The zero-order valence-corrected chi connectivity index (χ0v) is 20.0. The molecule has 0 amide bonds. The molecule has 7 nitrogen and oxygen atoms in total. The molecule has 2 aromatic carbocycles. The fourth-order valence-electron chi connectivity index (χ4n) is 3.07. The Morgan fingerprint density at radius 1 is 1.12 bits per heavy atom. The van der Waals surface area contributed by atoms with Crippen LogP contribution in [0.2, 0.25) is 0 Å². The average Bonchev–Trinajstić information content (AvgIpc) is 3.13. The highest BCUT2D eigenvalue weighted by molar-refractivity contribution is 7.89. The van der Waals surface area contributed by atoms with Crippen molar-refractivity contribution < 1.29 is 35.9 Å². The van der Waals surface area contributed by atoms with Gasteiger partial charge in [0.2, 0.25) is 10.0 Å². The highest BCUT2D eigenvalue weighted by atomic mass is 32.2. The molecule has 0 saturated carbocycles. The van der Waals surface area contributed by atoms with Crippen LogP contribution in [0.15, 0.2) is 47.4 Å². The van der Waals surface area contributed by atoms with Crippen molar-refractivity contribution in [1.29, 1.82) is 0 Å². The number of thiazole rings is 1. The normalized spacial score (nSPS) is 11.9. The second kappa shape index (κ2) is 10.1. The zero-order valence-electron chi connectivity index (χ0n) is 18.4. The number of nitrogens with one attached hydrogen (secondary N) is 1. The second-order valence-corrected chi connectivity index (χ2v) is 10.2. The first-order valence-electron chi connectivity index (χ1n) is 9.91. The molecular weight excluding hydrogens is 493 g/mol. The zero-order chi connectivity index (χ0) is 25.1. The van der Waals surface area contributed by atoms with Gasteiger partial charge in [-0.05, 0) is 55.8 Å². The Kier molecular flexibility index (Phi) is 7.64. The number of ether oxygens (including phenoxy) is 2. The first kappa shape index (κ1) is 25.7. The highest BCUT2D eigenvalue weighted by Crippen LogP contribution is 2.30. The van der Waals surface area contributed by atoms with Gasteiger partial charge >= 0.3 is 12.3 Å². The van der Waals surface area contributed by atoms with Gasteiger partial charge in [0.05, 0.1) is 23.3 Å². The summed E-state index contributed by atoms with van der Waals surface area (Å²) in [7, 11) is -2.66. The molecule has 3 rings (SSSR count). The first-order valence-corrected chi connectivity index (χ1v) is 12.2. The van der Waals surface area contributed by atoms with Gasteiger partial charge < -0.3 is 9.47 Å². The number of halogens is 3. The maximum Gasteiger partial charge on any atom is 0.573 e. The molecule has 0 bridgehead atoms. The van der Waals surface area contributed by atoms with Crippen molar-refractivity contribution in [1.82, 2.24) is 9.71 Å². The Morgan fingerprint density at radius 3 is 2.41 bits per heavy atom. The van der Waals surface area contributed by atoms with Crippen LogP contribution < -0.4 is 9.46 Å². The number of benzene rings is 2. The number of alkyl halides is 3. The quantitative estimate of drug-likeness (QED) is 0.441. The lowest BCUT2D eigenvalue weighted by Gasteiger charge is -2.09. The SMILES string of the molecule is COC(=O)c1cc(S(=O)(=O)NCCc2nc(-c3ccc(OC(F)(F)F)cc3)sc2C)ccc1C. The summed E-state index contributed by atoms with van der Waals surface area (Å²) in [5, 5.41) is 0.593. The molecule has 182 valence electrons. The Bertz CT molecular complexity index is 1290. The van der Waals surface area contributed by atoms with E-state index in [4.69, 9.17) is 0 Å². The van der Waals surface area contributed by atoms with E-state index in [2.05, 4.69) is 19.2 Å². The molecule has 0 saturated heterocycles. The molecule has 34 heavy (non-hydrogen) atoms. The molecule has 0 aliphatic carbocycles. The molecule has 0 fully saturated rings. The van der Waals surface area contributed by atoms with Gasteiger partial charge in [-0.2, -0.15) is 0 Å². The fraction of sp³-hybridized carbons (Fsp3) is 0.273. The van der Waals surface area contributed by atoms with E-state index in [0.717, 1.165) is 4.88 Å². The predicted octanol–water partition coefficient (Wildman–Crippen LogP) is 4.63. The summed E-state index contributed by atoms with van der Waals surface area (Å²) >= 11 is 1.35. The van der Waals surface area contributed by atoms with Crippen molar-refractivity contribution in [2.75, 3.05) is 13.7 Å². The Labute approximate surface area is 198 Å². The number of hydrogen-bond acceptors (Lipinski definition) is 7. The Hall–Kier alpha value is -2.96. The average molecular weight is 515 g/mol. The molecule has 1 heterocycles. The van der Waals surface area contributed by atoms with E-state index in [0.29, 0.717) is 28.2 Å². The van der Waals surface area contributed by atoms with Crippen LogP contribution in [0, 0.1) is 13.8 Å². The molecule has 0 aliphatic heterocycles. The lowest BCUT2D eigenvalue weighted by atomic mass is 10.1. The van der Waals surface area contributed by atoms with E-state index < -0.39 is 22.4 Å². The smallest absolute Gasteiger partial charge is 0.465 e. The summed E-state index contributed by atoms with van der Waals surface area (Å²) in [6, 6.07) is 9.56. The monoisotopic (exact) mass is 514 g/mol. The van der Waals surface area contributed by atoms with Crippen LogP contribution in [-0.4, -0.2) is 39.4 Å². The number of methoxy groups -OCH3 is 1. The van der Waals surface area contributed by atoms with Crippen LogP contribution in [0.4, 0.5) is 13.2 Å².